The number of anilines is 2. The van der Waals surface area contributed by atoms with Crippen LogP contribution in [0.5, 0.6) is 11.5 Å². The Morgan fingerprint density at radius 2 is 1.71 bits per heavy atom. The number of benzene rings is 2. The minimum atomic E-state index is -0.692. The maximum absolute atomic E-state index is 13.0. The van der Waals surface area contributed by atoms with E-state index < -0.39 is 5.41 Å². The van der Waals surface area contributed by atoms with Gasteiger partial charge >= 0.3 is 0 Å². The largest absolute Gasteiger partial charge is 0.454 e. The fraction of sp³-hybridized carbons (Fsp3) is 0.435. The standard InChI is InChI=1S/C23H28N2O3/c1-16-10-12-25(13-11-16)19-7-5-18(6-8-19)24-22(26)23(2,3)17-4-9-20-21(14-17)28-15-27-20/h4-9,14,16H,10-13,15H2,1-3H3,(H,24,26). The second-order valence-corrected chi connectivity index (χ2v) is 8.36. The lowest BCUT2D eigenvalue weighted by Gasteiger charge is -2.32. The van der Waals surface area contributed by atoms with Crippen LogP contribution in [0.1, 0.15) is 39.2 Å². The van der Waals surface area contributed by atoms with Crippen molar-refractivity contribution in [2.24, 2.45) is 5.92 Å². The maximum atomic E-state index is 13.0. The summed E-state index contributed by atoms with van der Waals surface area (Å²) in [7, 11) is 0. The van der Waals surface area contributed by atoms with Crippen LogP contribution in [0.25, 0.3) is 0 Å². The van der Waals surface area contributed by atoms with E-state index in [0.717, 1.165) is 36.0 Å². The third kappa shape index (κ3) is 3.66. The highest BCUT2D eigenvalue weighted by Crippen LogP contribution is 2.37. The van der Waals surface area contributed by atoms with Gasteiger partial charge in [0.1, 0.15) is 0 Å². The van der Waals surface area contributed by atoms with Crippen LogP contribution in [0.4, 0.5) is 11.4 Å². The first-order valence-corrected chi connectivity index (χ1v) is 10.00. The normalized spacial score (nSPS) is 16.9. The third-order valence-electron chi connectivity index (χ3n) is 5.94. The number of carbonyl (C=O) groups is 1. The van der Waals surface area contributed by atoms with Crippen molar-refractivity contribution in [3.8, 4) is 11.5 Å². The number of hydrogen-bond acceptors (Lipinski definition) is 4. The first kappa shape index (κ1) is 18.7. The predicted octanol–water partition coefficient (Wildman–Crippen LogP) is 4.57. The van der Waals surface area contributed by atoms with Gasteiger partial charge in [-0.3, -0.25) is 4.79 Å². The number of nitrogens with one attached hydrogen (secondary N) is 1. The predicted molar refractivity (Wildman–Crippen MR) is 111 cm³/mol. The van der Waals surface area contributed by atoms with Crippen LogP contribution < -0.4 is 19.7 Å². The average molecular weight is 380 g/mol. The second kappa shape index (κ2) is 7.38. The second-order valence-electron chi connectivity index (χ2n) is 8.36. The van der Waals surface area contributed by atoms with E-state index in [-0.39, 0.29) is 12.7 Å². The van der Waals surface area contributed by atoms with Crippen molar-refractivity contribution in [3.05, 3.63) is 48.0 Å². The van der Waals surface area contributed by atoms with E-state index in [4.69, 9.17) is 9.47 Å². The lowest BCUT2D eigenvalue weighted by atomic mass is 9.83. The van der Waals surface area contributed by atoms with Crippen molar-refractivity contribution < 1.29 is 14.3 Å². The molecule has 2 aliphatic rings. The van der Waals surface area contributed by atoms with Crippen molar-refractivity contribution in [1.82, 2.24) is 0 Å². The number of rotatable bonds is 4. The Bertz CT molecular complexity index is 853. The summed E-state index contributed by atoms with van der Waals surface area (Å²) in [6.45, 7) is 8.59. The summed E-state index contributed by atoms with van der Waals surface area (Å²) in [4.78, 5) is 15.4. The molecule has 2 aromatic carbocycles. The molecule has 1 N–H and O–H groups in total. The van der Waals surface area contributed by atoms with E-state index in [2.05, 4.69) is 29.3 Å². The zero-order chi connectivity index (χ0) is 19.7. The summed E-state index contributed by atoms with van der Waals surface area (Å²) in [5.41, 5.74) is 2.24. The molecule has 1 amide bonds. The highest BCUT2D eigenvalue weighted by atomic mass is 16.7. The Balaban J connectivity index is 1.44. The third-order valence-corrected chi connectivity index (χ3v) is 5.94. The summed E-state index contributed by atoms with van der Waals surface area (Å²) < 4.78 is 10.8. The van der Waals surface area contributed by atoms with Gasteiger partial charge in [0.2, 0.25) is 12.7 Å². The van der Waals surface area contributed by atoms with Gasteiger partial charge in [0.15, 0.2) is 11.5 Å². The minimum absolute atomic E-state index is 0.0501. The van der Waals surface area contributed by atoms with Crippen LogP contribution in [0.3, 0.4) is 0 Å². The lowest BCUT2D eigenvalue weighted by Crippen LogP contribution is -2.35. The van der Waals surface area contributed by atoms with Crippen LogP contribution in [-0.2, 0) is 10.2 Å². The summed E-state index contributed by atoms with van der Waals surface area (Å²) >= 11 is 0. The van der Waals surface area contributed by atoms with Gasteiger partial charge in [0.05, 0.1) is 5.41 Å². The Labute approximate surface area is 166 Å². The molecular formula is C23H28N2O3. The molecule has 5 heteroatoms. The summed E-state index contributed by atoms with van der Waals surface area (Å²) in [5.74, 6) is 2.18. The minimum Gasteiger partial charge on any atom is -0.454 e. The van der Waals surface area contributed by atoms with Crippen molar-refractivity contribution in [3.63, 3.8) is 0 Å². The molecule has 0 bridgehead atoms. The number of ether oxygens (including phenoxy) is 2. The zero-order valence-corrected chi connectivity index (χ0v) is 16.8. The number of piperidine rings is 1. The van der Waals surface area contributed by atoms with Gasteiger partial charge in [-0.15, -0.1) is 0 Å². The molecular weight excluding hydrogens is 352 g/mol. The van der Waals surface area contributed by atoms with Crippen molar-refractivity contribution in [2.45, 2.75) is 39.0 Å². The smallest absolute Gasteiger partial charge is 0.234 e. The molecule has 0 radical (unpaired) electrons. The molecule has 2 heterocycles. The van der Waals surface area contributed by atoms with Crippen LogP contribution in [-0.4, -0.2) is 25.8 Å². The number of nitrogens with zero attached hydrogens (tertiary/aromatic N) is 1. The summed E-state index contributed by atoms with van der Waals surface area (Å²) in [6.07, 6.45) is 2.48. The number of fused-ring (bicyclic) bond motifs is 1. The molecule has 5 nitrogen and oxygen atoms in total. The van der Waals surface area contributed by atoms with E-state index >= 15 is 0 Å². The SMILES string of the molecule is CC1CCN(c2ccc(NC(=O)C(C)(C)c3ccc4c(c3)OCO4)cc2)CC1. The number of amides is 1. The fourth-order valence-corrected chi connectivity index (χ4v) is 3.73. The first-order valence-electron chi connectivity index (χ1n) is 10.00. The van der Waals surface area contributed by atoms with Gasteiger partial charge in [-0.1, -0.05) is 13.0 Å². The van der Waals surface area contributed by atoms with E-state index in [1.807, 2.05) is 44.2 Å². The molecule has 0 aliphatic carbocycles. The van der Waals surface area contributed by atoms with E-state index in [0.29, 0.717) is 5.75 Å². The summed E-state index contributed by atoms with van der Waals surface area (Å²) in [6, 6.07) is 13.8. The molecule has 2 aliphatic heterocycles. The topological polar surface area (TPSA) is 50.8 Å². The Morgan fingerprint density at radius 1 is 1.04 bits per heavy atom. The number of carbonyl (C=O) groups excluding carboxylic acids is 1. The molecule has 28 heavy (non-hydrogen) atoms. The molecule has 2 aromatic rings. The monoisotopic (exact) mass is 380 g/mol. The molecule has 1 fully saturated rings. The van der Waals surface area contributed by atoms with E-state index in [9.17, 15) is 4.79 Å². The molecule has 0 unspecified atom stereocenters. The highest BCUT2D eigenvalue weighted by Gasteiger charge is 2.31. The molecule has 1 saturated heterocycles. The van der Waals surface area contributed by atoms with Crippen LogP contribution in [0.2, 0.25) is 0 Å². The highest BCUT2D eigenvalue weighted by molar-refractivity contribution is 5.98. The Hall–Kier alpha value is -2.69. The van der Waals surface area contributed by atoms with E-state index in [1.165, 1.54) is 18.5 Å². The van der Waals surface area contributed by atoms with Gasteiger partial charge in [-0.2, -0.15) is 0 Å². The summed E-state index contributed by atoms with van der Waals surface area (Å²) in [5, 5.41) is 3.06. The van der Waals surface area contributed by atoms with Crippen molar-refractivity contribution in [1.29, 1.82) is 0 Å². The fourth-order valence-electron chi connectivity index (χ4n) is 3.73. The number of hydrogen-bond donors (Lipinski definition) is 1. The van der Waals surface area contributed by atoms with Crippen LogP contribution >= 0.6 is 0 Å². The van der Waals surface area contributed by atoms with Crippen LogP contribution in [0, 0.1) is 5.92 Å². The molecule has 148 valence electrons. The molecule has 0 aromatic heterocycles. The quantitative estimate of drug-likeness (QED) is 0.844. The average Bonchev–Trinajstić information content (AvgIpc) is 3.17. The molecule has 0 atom stereocenters. The van der Waals surface area contributed by atoms with Gasteiger partial charge in [0, 0.05) is 24.5 Å². The maximum Gasteiger partial charge on any atom is 0.234 e. The Kier molecular flexibility index (Phi) is 4.92. The van der Waals surface area contributed by atoms with Crippen molar-refractivity contribution in [2.75, 3.05) is 30.1 Å². The van der Waals surface area contributed by atoms with Gasteiger partial charge < -0.3 is 19.7 Å². The molecule has 0 saturated carbocycles. The van der Waals surface area contributed by atoms with Gasteiger partial charge in [-0.25, -0.2) is 0 Å². The van der Waals surface area contributed by atoms with Crippen LogP contribution in [0.15, 0.2) is 42.5 Å². The Morgan fingerprint density at radius 3 is 2.43 bits per heavy atom. The van der Waals surface area contributed by atoms with Gasteiger partial charge in [0.25, 0.3) is 0 Å². The van der Waals surface area contributed by atoms with Gasteiger partial charge in [-0.05, 0) is 74.6 Å². The van der Waals surface area contributed by atoms with Crippen molar-refractivity contribution >= 4 is 17.3 Å². The lowest BCUT2D eigenvalue weighted by molar-refractivity contribution is -0.120. The molecule has 4 rings (SSSR count). The molecule has 0 spiro atoms. The first-order chi connectivity index (χ1) is 13.4. The zero-order valence-electron chi connectivity index (χ0n) is 16.8. The van der Waals surface area contributed by atoms with E-state index in [1.54, 1.807) is 0 Å².